The number of pyridine rings is 1. The minimum Gasteiger partial charge on any atom is -0.474 e. The second-order valence-electron chi connectivity index (χ2n) is 12.6. The molecule has 4 heterocycles. The van der Waals surface area contributed by atoms with Gasteiger partial charge in [-0.05, 0) is 83.2 Å². The Morgan fingerprint density at radius 1 is 1.21 bits per heavy atom. The smallest absolute Gasteiger partial charge is 0.298 e. The van der Waals surface area contributed by atoms with Crippen molar-refractivity contribution >= 4 is 39.4 Å². The third-order valence-electron chi connectivity index (χ3n) is 9.70. The zero-order valence-corrected chi connectivity index (χ0v) is 28.2. The van der Waals surface area contributed by atoms with Gasteiger partial charge in [-0.15, -0.1) is 5.10 Å². The van der Waals surface area contributed by atoms with Crippen LogP contribution in [-0.2, 0) is 4.79 Å². The molecule has 246 valence electrons. The van der Waals surface area contributed by atoms with E-state index < -0.39 is 11.7 Å². The molecule has 1 amide bonds. The molecule has 2 aliphatic rings. The summed E-state index contributed by atoms with van der Waals surface area (Å²) in [5.41, 5.74) is 2.90. The molecule has 10 nitrogen and oxygen atoms in total. The zero-order chi connectivity index (χ0) is 34.1. The number of halogens is 2. The van der Waals surface area contributed by atoms with E-state index in [0.29, 0.717) is 58.6 Å². The summed E-state index contributed by atoms with van der Waals surface area (Å²) in [5.74, 6) is 3.81. The van der Waals surface area contributed by atoms with Gasteiger partial charge in [0.2, 0.25) is 5.88 Å². The lowest BCUT2D eigenvalue weighted by Crippen LogP contribution is -2.46. The van der Waals surface area contributed by atoms with E-state index in [9.17, 15) is 15.3 Å². The molecule has 0 saturated carbocycles. The topological polar surface area (TPSA) is 124 Å². The number of likely N-dealkylation sites (N-methyl/N-ethyl adjacent to an activating group) is 1. The van der Waals surface area contributed by atoms with Crippen LogP contribution in [0.5, 0.6) is 5.88 Å². The number of benzene rings is 2. The van der Waals surface area contributed by atoms with Gasteiger partial charge >= 0.3 is 0 Å². The highest BCUT2D eigenvalue weighted by atomic mass is 35.5. The lowest BCUT2D eigenvalue weighted by atomic mass is 9.89. The SMILES string of the molecule is CC#CC(=O)N1CC[C@H](n2nnc3c(OC[C@@H]4CCCN4C)nc4c(F)c(-c5cccc(C)c5Cl)c(C(C)C#N)cc4c32)C[C@H]1CC#N. The Balaban J connectivity index is 1.57. The lowest BCUT2D eigenvalue weighted by molar-refractivity contribution is -0.129. The molecule has 0 N–H and O–H groups in total. The number of hydrogen-bond acceptors (Lipinski definition) is 8. The number of carbonyl (C=O) groups excluding carboxylic acids is 1. The van der Waals surface area contributed by atoms with Gasteiger partial charge in [0, 0.05) is 35.1 Å². The fourth-order valence-corrected chi connectivity index (χ4v) is 7.26. The standard InChI is InChI=1S/C36H36ClFN8O2/c1-5-8-29(47)45-16-13-24(17-23(45)12-14-39)46-35-28-18-27(22(3)19-40)30(26-11-6-9-21(2)31(26)37)32(38)33(28)41-36(34(35)42-43-46)48-20-25-10-7-15-44(25)4/h6,9,11,18,22-25H,7,10,12-13,15-17,20H2,1-4H3/t22?,23-,24+,25+/m1/s1. The molecule has 1 unspecified atom stereocenters. The molecule has 12 heteroatoms. The molecule has 48 heavy (non-hydrogen) atoms. The monoisotopic (exact) mass is 666 g/mol. The van der Waals surface area contributed by atoms with E-state index in [1.54, 1.807) is 35.6 Å². The molecular formula is C36H36ClFN8O2. The number of rotatable bonds is 7. The molecule has 2 aliphatic heterocycles. The summed E-state index contributed by atoms with van der Waals surface area (Å²) in [6.45, 7) is 6.86. The highest BCUT2D eigenvalue weighted by Gasteiger charge is 2.35. The number of piperidine rings is 1. The van der Waals surface area contributed by atoms with Crippen LogP contribution in [0.3, 0.4) is 0 Å². The van der Waals surface area contributed by atoms with Crippen molar-refractivity contribution in [3.63, 3.8) is 0 Å². The van der Waals surface area contributed by atoms with Crippen molar-refractivity contribution in [3.8, 4) is 41.0 Å². The Morgan fingerprint density at radius 2 is 2.02 bits per heavy atom. The first-order valence-corrected chi connectivity index (χ1v) is 16.6. The number of nitrogens with zero attached hydrogens (tertiary/aromatic N) is 8. The molecule has 4 aromatic rings. The molecule has 2 fully saturated rings. The van der Waals surface area contributed by atoms with Crippen LogP contribution in [-0.4, -0.2) is 74.5 Å². The summed E-state index contributed by atoms with van der Waals surface area (Å²) in [6, 6.07) is 11.2. The van der Waals surface area contributed by atoms with Crippen LogP contribution in [0.1, 0.15) is 69.0 Å². The first kappa shape index (κ1) is 33.2. The number of aryl methyl sites for hydroxylation is 1. The molecule has 0 spiro atoms. The summed E-state index contributed by atoms with van der Waals surface area (Å²) in [6.07, 6.45) is 3.11. The minimum atomic E-state index is -0.683. The highest BCUT2D eigenvalue weighted by Crippen LogP contribution is 2.43. The van der Waals surface area contributed by atoms with Gasteiger partial charge in [-0.2, -0.15) is 10.5 Å². The Morgan fingerprint density at radius 3 is 2.73 bits per heavy atom. The molecule has 0 bridgehead atoms. The summed E-state index contributed by atoms with van der Waals surface area (Å²) in [7, 11) is 2.05. The maximum atomic E-state index is 17.2. The maximum absolute atomic E-state index is 17.2. The van der Waals surface area contributed by atoms with Gasteiger partial charge in [0.05, 0.1) is 35.5 Å². The van der Waals surface area contributed by atoms with E-state index in [0.717, 1.165) is 24.9 Å². The number of aromatic nitrogens is 4. The average molecular weight is 667 g/mol. The number of likely N-dealkylation sites (tertiary alicyclic amines) is 2. The lowest BCUT2D eigenvalue weighted by Gasteiger charge is -2.37. The van der Waals surface area contributed by atoms with Crippen molar-refractivity contribution in [2.75, 3.05) is 26.7 Å². The van der Waals surface area contributed by atoms with Gasteiger partial charge in [-0.1, -0.05) is 40.9 Å². The van der Waals surface area contributed by atoms with Crippen LogP contribution in [0, 0.1) is 47.2 Å². The van der Waals surface area contributed by atoms with Gasteiger partial charge in [0.1, 0.15) is 17.6 Å². The number of hydrogen-bond donors (Lipinski definition) is 0. The van der Waals surface area contributed by atoms with Gasteiger partial charge in [0.15, 0.2) is 11.3 Å². The Hall–Kier alpha value is -4.76. The fraction of sp³-hybridized carbons (Fsp3) is 0.444. The minimum absolute atomic E-state index is 0.0571. The van der Waals surface area contributed by atoms with E-state index in [1.807, 2.05) is 19.1 Å². The second-order valence-corrected chi connectivity index (χ2v) is 13.0. The molecule has 4 atom stereocenters. The number of carbonyl (C=O) groups is 1. The van der Waals surface area contributed by atoms with E-state index in [4.69, 9.17) is 21.3 Å². The van der Waals surface area contributed by atoms with Crippen molar-refractivity contribution in [1.29, 1.82) is 10.5 Å². The molecule has 2 aromatic heterocycles. The summed E-state index contributed by atoms with van der Waals surface area (Å²) in [5, 5.41) is 29.6. The number of nitriles is 2. The van der Waals surface area contributed by atoms with Crippen LogP contribution in [0.25, 0.3) is 33.1 Å². The predicted molar refractivity (Wildman–Crippen MR) is 181 cm³/mol. The molecule has 2 saturated heterocycles. The third kappa shape index (κ3) is 5.92. The Labute approximate surface area is 284 Å². The van der Waals surface area contributed by atoms with Crippen LogP contribution in [0.2, 0.25) is 5.02 Å². The first-order chi connectivity index (χ1) is 23.2. The predicted octanol–water partition coefficient (Wildman–Crippen LogP) is 6.32. The van der Waals surface area contributed by atoms with E-state index in [1.165, 1.54) is 0 Å². The van der Waals surface area contributed by atoms with Gasteiger partial charge in [0.25, 0.3) is 5.91 Å². The van der Waals surface area contributed by atoms with Gasteiger partial charge in [-0.25, -0.2) is 14.1 Å². The maximum Gasteiger partial charge on any atom is 0.298 e. The van der Waals surface area contributed by atoms with Crippen LogP contribution in [0.4, 0.5) is 4.39 Å². The normalized spacial score (nSPS) is 20.2. The second kappa shape index (κ2) is 13.8. The molecular weight excluding hydrogens is 631 g/mol. The zero-order valence-electron chi connectivity index (χ0n) is 27.4. The van der Waals surface area contributed by atoms with Crippen molar-refractivity contribution in [2.24, 2.45) is 0 Å². The van der Waals surface area contributed by atoms with Crippen molar-refractivity contribution < 1.29 is 13.9 Å². The summed E-state index contributed by atoms with van der Waals surface area (Å²) in [4.78, 5) is 21.4. The van der Waals surface area contributed by atoms with Crippen molar-refractivity contribution in [2.45, 2.75) is 76.9 Å². The Kier molecular flexibility index (Phi) is 9.51. The van der Waals surface area contributed by atoms with Gasteiger partial charge in [-0.3, -0.25) is 4.79 Å². The number of ether oxygens (including phenoxy) is 1. The van der Waals surface area contributed by atoms with E-state index in [-0.39, 0.29) is 47.4 Å². The average Bonchev–Trinajstić information content (AvgIpc) is 3.71. The van der Waals surface area contributed by atoms with Crippen LogP contribution in [0.15, 0.2) is 24.3 Å². The quantitative estimate of drug-likeness (QED) is 0.210. The molecule has 0 radical (unpaired) electrons. The molecule has 6 rings (SSSR count). The summed E-state index contributed by atoms with van der Waals surface area (Å²) < 4.78 is 25.2. The van der Waals surface area contributed by atoms with E-state index in [2.05, 4.69) is 46.2 Å². The Bertz CT molecular complexity index is 2050. The number of fused-ring (bicyclic) bond motifs is 3. The van der Waals surface area contributed by atoms with Crippen molar-refractivity contribution in [3.05, 3.63) is 46.2 Å². The van der Waals surface area contributed by atoms with Gasteiger partial charge < -0.3 is 14.5 Å². The third-order valence-corrected chi connectivity index (χ3v) is 10.2. The molecule has 0 aliphatic carbocycles. The van der Waals surface area contributed by atoms with Crippen LogP contribution >= 0.6 is 11.6 Å². The van der Waals surface area contributed by atoms with Crippen molar-refractivity contribution in [1.82, 2.24) is 29.8 Å². The largest absolute Gasteiger partial charge is 0.474 e. The first-order valence-electron chi connectivity index (χ1n) is 16.2. The summed E-state index contributed by atoms with van der Waals surface area (Å²) >= 11 is 6.75. The fourth-order valence-electron chi connectivity index (χ4n) is 7.04. The number of amides is 1. The van der Waals surface area contributed by atoms with E-state index >= 15 is 4.39 Å². The highest BCUT2D eigenvalue weighted by molar-refractivity contribution is 6.34. The van der Waals surface area contributed by atoms with Crippen LogP contribution < -0.4 is 4.74 Å². The molecule has 2 aromatic carbocycles.